The molecule has 1 unspecified atom stereocenters. The summed E-state index contributed by atoms with van der Waals surface area (Å²) in [5.41, 5.74) is 0.466. The van der Waals surface area contributed by atoms with Gasteiger partial charge in [0, 0.05) is 17.8 Å². The van der Waals surface area contributed by atoms with Crippen molar-refractivity contribution in [2.45, 2.75) is 25.8 Å². The van der Waals surface area contributed by atoms with Crippen LogP contribution in [-0.2, 0) is 4.79 Å². The van der Waals surface area contributed by atoms with Gasteiger partial charge in [-0.15, -0.1) is 10.2 Å². The maximum Gasteiger partial charge on any atom is 0.251 e. The Morgan fingerprint density at radius 3 is 2.61 bits per heavy atom. The molecule has 0 aliphatic carbocycles. The number of hydrogen-bond acceptors (Lipinski definition) is 4. The van der Waals surface area contributed by atoms with Crippen molar-refractivity contribution in [3.63, 3.8) is 0 Å². The van der Waals surface area contributed by atoms with E-state index in [0.29, 0.717) is 24.0 Å². The van der Waals surface area contributed by atoms with Gasteiger partial charge in [-0.05, 0) is 30.7 Å². The summed E-state index contributed by atoms with van der Waals surface area (Å²) in [4.78, 5) is 24.3. The second-order valence-corrected chi connectivity index (χ2v) is 6.24. The summed E-state index contributed by atoms with van der Waals surface area (Å²) in [5, 5.41) is 13.4. The van der Waals surface area contributed by atoms with Crippen LogP contribution in [0.1, 0.15) is 42.0 Å². The van der Waals surface area contributed by atoms with Gasteiger partial charge in [0.2, 0.25) is 5.91 Å². The molecule has 0 radical (unpaired) electrons. The maximum atomic E-state index is 13.2. The summed E-state index contributed by atoms with van der Waals surface area (Å²) in [6.45, 7) is 1.64. The quantitative estimate of drug-likeness (QED) is 0.652. The maximum absolute atomic E-state index is 13.2. The Morgan fingerprint density at radius 2 is 1.89 bits per heavy atom. The molecule has 2 N–H and O–H groups in total. The SMILES string of the molecule is CCCC(NC(=O)CNC(=O)c1cc(F)cc(F)c1)c1nnc2ccccn12. The molecule has 7 nitrogen and oxygen atoms in total. The van der Waals surface area contributed by atoms with Crippen LogP contribution in [0.15, 0.2) is 42.6 Å². The summed E-state index contributed by atoms with van der Waals surface area (Å²) in [6, 6.07) is 7.56. The van der Waals surface area contributed by atoms with Crippen molar-refractivity contribution in [3.05, 3.63) is 65.6 Å². The van der Waals surface area contributed by atoms with Crippen LogP contribution in [0.3, 0.4) is 0 Å². The number of aromatic nitrogens is 3. The Morgan fingerprint density at radius 1 is 1.14 bits per heavy atom. The van der Waals surface area contributed by atoms with Crippen molar-refractivity contribution in [2.24, 2.45) is 0 Å². The molecule has 0 saturated carbocycles. The average molecular weight is 387 g/mol. The van der Waals surface area contributed by atoms with Crippen LogP contribution in [0.25, 0.3) is 5.65 Å². The highest BCUT2D eigenvalue weighted by Gasteiger charge is 2.20. The number of rotatable bonds is 7. The van der Waals surface area contributed by atoms with Gasteiger partial charge in [0.1, 0.15) is 11.6 Å². The lowest BCUT2D eigenvalue weighted by Gasteiger charge is -2.17. The molecule has 0 fully saturated rings. The first-order valence-electron chi connectivity index (χ1n) is 8.81. The first kappa shape index (κ1) is 19.4. The number of amides is 2. The van der Waals surface area contributed by atoms with Gasteiger partial charge in [0.25, 0.3) is 5.91 Å². The van der Waals surface area contributed by atoms with E-state index in [1.807, 2.05) is 19.1 Å². The Hall–Kier alpha value is -3.36. The number of carbonyl (C=O) groups is 2. The molecular weight excluding hydrogens is 368 g/mol. The number of pyridine rings is 1. The summed E-state index contributed by atoms with van der Waals surface area (Å²) >= 11 is 0. The molecule has 9 heteroatoms. The summed E-state index contributed by atoms with van der Waals surface area (Å²) in [5.74, 6) is -2.33. The van der Waals surface area contributed by atoms with E-state index >= 15 is 0 Å². The normalized spacial score (nSPS) is 12.0. The third kappa shape index (κ3) is 4.48. The van der Waals surface area contributed by atoms with Crippen molar-refractivity contribution in [1.29, 1.82) is 0 Å². The van der Waals surface area contributed by atoms with Gasteiger partial charge >= 0.3 is 0 Å². The van der Waals surface area contributed by atoms with Gasteiger partial charge < -0.3 is 10.6 Å². The largest absolute Gasteiger partial charge is 0.345 e. The van der Waals surface area contributed by atoms with Crippen molar-refractivity contribution < 1.29 is 18.4 Å². The minimum atomic E-state index is -0.865. The zero-order valence-corrected chi connectivity index (χ0v) is 15.2. The lowest BCUT2D eigenvalue weighted by molar-refractivity contribution is -0.121. The van der Waals surface area contributed by atoms with E-state index in [-0.39, 0.29) is 12.1 Å². The molecule has 3 rings (SSSR count). The number of fused-ring (bicyclic) bond motifs is 1. The highest BCUT2D eigenvalue weighted by Crippen LogP contribution is 2.17. The molecular formula is C19H19F2N5O2. The molecule has 2 heterocycles. The van der Waals surface area contributed by atoms with Crippen molar-refractivity contribution in [3.8, 4) is 0 Å². The van der Waals surface area contributed by atoms with Crippen LogP contribution in [0, 0.1) is 11.6 Å². The van der Waals surface area contributed by atoms with Crippen molar-refractivity contribution >= 4 is 17.5 Å². The molecule has 0 bridgehead atoms. The third-order valence-electron chi connectivity index (χ3n) is 4.10. The molecule has 0 aliphatic heterocycles. The minimum absolute atomic E-state index is 0.196. The topological polar surface area (TPSA) is 88.4 Å². The Kier molecular flexibility index (Phi) is 5.93. The molecule has 2 amide bonds. The molecule has 0 spiro atoms. The van der Waals surface area contributed by atoms with Gasteiger partial charge in [0.15, 0.2) is 11.5 Å². The Bertz CT molecular complexity index is 985. The van der Waals surface area contributed by atoms with E-state index in [1.54, 1.807) is 16.7 Å². The second-order valence-electron chi connectivity index (χ2n) is 6.24. The van der Waals surface area contributed by atoms with E-state index in [0.717, 1.165) is 18.6 Å². The fourth-order valence-electron chi connectivity index (χ4n) is 2.84. The summed E-state index contributed by atoms with van der Waals surface area (Å²) in [6.07, 6.45) is 3.23. The van der Waals surface area contributed by atoms with Gasteiger partial charge in [-0.3, -0.25) is 14.0 Å². The molecule has 28 heavy (non-hydrogen) atoms. The fourth-order valence-corrected chi connectivity index (χ4v) is 2.84. The van der Waals surface area contributed by atoms with Gasteiger partial charge in [-0.2, -0.15) is 0 Å². The summed E-state index contributed by atoms with van der Waals surface area (Å²) < 4.78 is 28.2. The average Bonchev–Trinajstić information content (AvgIpc) is 3.09. The second kappa shape index (κ2) is 8.55. The van der Waals surface area contributed by atoms with Gasteiger partial charge in [-0.1, -0.05) is 19.4 Å². The zero-order valence-electron chi connectivity index (χ0n) is 15.2. The molecule has 0 saturated heterocycles. The van der Waals surface area contributed by atoms with Crippen LogP contribution in [0.5, 0.6) is 0 Å². The monoisotopic (exact) mass is 387 g/mol. The smallest absolute Gasteiger partial charge is 0.251 e. The predicted octanol–water partition coefficient (Wildman–Crippen LogP) is 2.39. The van der Waals surface area contributed by atoms with E-state index in [4.69, 9.17) is 0 Å². The van der Waals surface area contributed by atoms with Crippen LogP contribution in [0.2, 0.25) is 0 Å². The number of hydrogen-bond donors (Lipinski definition) is 2. The fraction of sp³-hybridized carbons (Fsp3) is 0.263. The van der Waals surface area contributed by atoms with Gasteiger partial charge in [-0.25, -0.2) is 8.78 Å². The van der Waals surface area contributed by atoms with Crippen LogP contribution in [-0.4, -0.2) is 33.0 Å². The summed E-state index contributed by atoms with van der Waals surface area (Å²) in [7, 11) is 0. The number of halogens is 2. The Labute approximate surface area is 159 Å². The van der Waals surface area contributed by atoms with E-state index in [9.17, 15) is 18.4 Å². The van der Waals surface area contributed by atoms with Crippen LogP contribution < -0.4 is 10.6 Å². The van der Waals surface area contributed by atoms with Crippen LogP contribution in [0.4, 0.5) is 8.78 Å². The standard InChI is InChI=1S/C19H19F2N5O2/c1-2-5-15(18-25-24-16-6-3-4-7-26(16)18)23-17(27)11-22-19(28)12-8-13(20)10-14(21)9-12/h3-4,6-10,15H,2,5,11H2,1H3,(H,22,28)(H,23,27). The molecule has 1 atom stereocenters. The van der Waals surface area contributed by atoms with E-state index in [1.165, 1.54) is 0 Å². The Balaban J connectivity index is 1.65. The first-order valence-corrected chi connectivity index (χ1v) is 8.81. The molecule has 146 valence electrons. The van der Waals surface area contributed by atoms with Crippen molar-refractivity contribution in [1.82, 2.24) is 25.2 Å². The van der Waals surface area contributed by atoms with Gasteiger partial charge in [0.05, 0.1) is 12.6 Å². The lowest BCUT2D eigenvalue weighted by Crippen LogP contribution is -2.39. The first-order chi connectivity index (χ1) is 13.5. The lowest BCUT2D eigenvalue weighted by atomic mass is 10.1. The third-order valence-corrected chi connectivity index (χ3v) is 4.10. The van der Waals surface area contributed by atoms with E-state index < -0.39 is 29.5 Å². The molecule has 3 aromatic rings. The van der Waals surface area contributed by atoms with Crippen LogP contribution >= 0.6 is 0 Å². The van der Waals surface area contributed by atoms with Crippen molar-refractivity contribution in [2.75, 3.05) is 6.54 Å². The number of nitrogens with zero attached hydrogens (tertiary/aromatic N) is 3. The highest BCUT2D eigenvalue weighted by molar-refractivity contribution is 5.96. The number of nitrogens with one attached hydrogen (secondary N) is 2. The van der Waals surface area contributed by atoms with E-state index in [2.05, 4.69) is 20.8 Å². The predicted molar refractivity (Wildman–Crippen MR) is 97.5 cm³/mol. The number of carbonyl (C=O) groups excluding carboxylic acids is 2. The molecule has 2 aromatic heterocycles. The highest BCUT2D eigenvalue weighted by atomic mass is 19.1. The molecule has 0 aliphatic rings. The minimum Gasteiger partial charge on any atom is -0.345 e. The zero-order chi connectivity index (χ0) is 20.1. The molecule has 1 aromatic carbocycles. The number of benzene rings is 1.